The largest absolute Gasteiger partial charge is 0.503 e. The van der Waals surface area contributed by atoms with Gasteiger partial charge in [0.2, 0.25) is 5.91 Å². The van der Waals surface area contributed by atoms with E-state index in [4.69, 9.17) is 34.8 Å². The van der Waals surface area contributed by atoms with Gasteiger partial charge in [-0.05, 0) is 48.1 Å². The van der Waals surface area contributed by atoms with E-state index in [0.29, 0.717) is 35.5 Å². The number of amides is 1. The van der Waals surface area contributed by atoms with E-state index in [-0.39, 0.29) is 22.5 Å². The van der Waals surface area contributed by atoms with Crippen LogP contribution in [0.15, 0.2) is 24.3 Å². The van der Waals surface area contributed by atoms with Gasteiger partial charge in [0.05, 0.1) is 10.0 Å². The zero-order valence-corrected chi connectivity index (χ0v) is 16.2. The van der Waals surface area contributed by atoms with Gasteiger partial charge in [0, 0.05) is 24.5 Å². The maximum atomic E-state index is 12.5. The number of benzene rings is 2. The van der Waals surface area contributed by atoms with Gasteiger partial charge in [-0.1, -0.05) is 46.9 Å². The van der Waals surface area contributed by atoms with Gasteiger partial charge in [-0.15, -0.1) is 0 Å². The van der Waals surface area contributed by atoms with E-state index in [1.807, 2.05) is 24.3 Å². The summed E-state index contributed by atoms with van der Waals surface area (Å²) in [5, 5.41) is 20.5. The van der Waals surface area contributed by atoms with Crippen molar-refractivity contribution in [3.63, 3.8) is 0 Å². The Balaban J connectivity index is 1.63. The number of fused-ring (bicyclic) bond motifs is 1. The van der Waals surface area contributed by atoms with Crippen molar-refractivity contribution in [2.45, 2.75) is 32.2 Å². The zero-order chi connectivity index (χ0) is 18.8. The number of aryl methyl sites for hydroxylation is 1. The second-order valence-corrected chi connectivity index (χ2v) is 7.52. The number of phenolic OH excluding ortho intramolecular Hbond substituents is 2. The van der Waals surface area contributed by atoms with Gasteiger partial charge in [-0.3, -0.25) is 4.79 Å². The highest BCUT2D eigenvalue weighted by Gasteiger charge is 2.28. The van der Waals surface area contributed by atoms with Crippen molar-refractivity contribution < 1.29 is 15.0 Å². The third kappa shape index (κ3) is 3.88. The summed E-state index contributed by atoms with van der Waals surface area (Å²) in [6.07, 6.45) is 2.45. The highest BCUT2D eigenvalue weighted by atomic mass is 35.5. The van der Waals surface area contributed by atoms with Crippen LogP contribution in [0.2, 0.25) is 15.1 Å². The lowest BCUT2D eigenvalue weighted by atomic mass is 9.98. The summed E-state index contributed by atoms with van der Waals surface area (Å²) in [6.45, 7) is 0.786. The molecule has 0 atom stereocenters. The van der Waals surface area contributed by atoms with E-state index < -0.39 is 11.5 Å². The number of phenols is 2. The Kier molecular flexibility index (Phi) is 5.86. The molecule has 0 saturated carbocycles. The number of nitrogens with zero attached hydrogens (tertiary/aromatic N) is 1. The SMILES string of the molecule is O=C(CCCc1ccc(Cl)cc1)N1CCc2c(Cl)c(O)c(O)c(Cl)c2C1. The molecule has 2 aromatic carbocycles. The van der Waals surface area contributed by atoms with Crippen LogP contribution < -0.4 is 0 Å². The van der Waals surface area contributed by atoms with Crippen LogP contribution in [-0.2, 0) is 24.2 Å². The molecule has 0 aliphatic carbocycles. The molecule has 1 amide bonds. The third-order valence-electron chi connectivity index (χ3n) is 4.64. The molecule has 0 aromatic heterocycles. The van der Waals surface area contributed by atoms with Gasteiger partial charge in [0.1, 0.15) is 0 Å². The Morgan fingerprint density at radius 3 is 2.27 bits per heavy atom. The molecule has 0 fully saturated rings. The van der Waals surface area contributed by atoms with Crippen molar-refractivity contribution in [2.75, 3.05) is 6.54 Å². The van der Waals surface area contributed by atoms with Gasteiger partial charge in [-0.25, -0.2) is 0 Å². The molecule has 26 heavy (non-hydrogen) atoms. The van der Waals surface area contributed by atoms with E-state index in [1.165, 1.54) is 0 Å². The molecule has 1 aliphatic rings. The first kappa shape index (κ1) is 19.2. The number of hydrogen-bond donors (Lipinski definition) is 2. The summed E-state index contributed by atoms with van der Waals surface area (Å²) in [6, 6.07) is 7.60. The van der Waals surface area contributed by atoms with Crippen molar-refractivity contribution in [3.05, 3.63) is 56.0 Å². The highest BCUT2D eigenvalue weighted by molar-refractivity contribution is 6.36. The predicted octanol–water partition coefficient (Wildman–Crippen LogP) is 4.97. The van der Waals surface area contributed by atoms with Crippen LogP contribution in [0, 0.1) is 0 Å². The lowest BCUT2D eigenvalue weighted by Gasteiger charge is -2.30. The molecule has 0 spiro atoms. The van der Waals surface area contributed by atoms with E-state index in [2.05, 4.69) is 0 Å². The number of carbonyl (C=O) groups excluding carboxylic acids is 1. The molecular weight excluding hydrogens is 397 g/mol. The molecule has 7 heteroatoms. The number of rotatable bonds is 4. The molecule has 1 heterocycles. The van der Waals surface area contributed by atoms with E-state index in [1.54, 1.807) is 4.90 Å². The minimum atomic E-state index is -0.438. The van der Waals surface area contributed by atoms with E-state index in [0.717, 1.165) is 18.4 Å². The van der Waals surface area contributed by atoms with Crippen LogP contribution in [0.25, 0.3) is 0 Å². The molecule has 4 nitrogen and oxygen atoms in total. The average Bonchev–Trinajstić information content (AvgIpc) is 2.65. The highest BCUT2D eigenvalue weighted by Crippen LogP contribution is 2.46. The van der Waals surface area contributed by atoms with E-state index in [9.17, 15) is 15.0 Å². The number of hydrogen-bond acceptors (Lipinski definition) is 3. The van der Waals surface area contributed by atoms with Crippen molar-refractivity contribution in [1.82, 2.24) is 4.90 Å². The van der Waals surface area contributed by atoms with Gasteiger partial charge >= 0.3 is 0 Å². The standard InChI is InChI=1S/C19H18Cl3NO3/c20-12-6-4-11(5-7-12)2-1-3-15(24)23-9-8-13-14(10-23)17(22)19(26)18(25)16(13)21/h4-7,25-26H,1-3,8-10H2. The number of aromatic hydroxyl groups is 2. The molecule has 3 rings (SSSR count). The lowest BCUT2D eigenvalue weighted by Crippen LogP contribution is -2.36. The Morgan fingerprint density at radius 2 is 1.62 bits per heavy atom. The monoisotopic (exact) mass is 413 g/mol. The summed E-state index contributed by atoms with van der Waals surface area (Å²) < 4.78 is 0. The molecule has 2 N–H and O–H groups in total. The average molecular weight is 415 g/mol. The summed E-state index contributed by atoms with van der Waals surface area (Å²) >= 11 is 18.1. The van der Waals surface area contributed by atoms with Crippen molar-refractivity contribution in [3.8, 4) is 11.5 Å². The van der Waals surface area contributed by atoms with Crippen LogP contribution in [0.5, 0.6) is 11.5 Å². The molecule has 2 aromatic rings. The molecule has 0 radical (unpaired) electrons. The molecule has 0 bridgehead atoms. The van der Waals surface area contributed by atoms with Gasteiger partial charge < -0.3 is 15.1 Å². The zero-order valence-electron chi connectivity index (χ0n) is 13.9. The van der Waals surface area contributed by atoms with Crippen LogP contribution in [0.1, 0.15) is 29.5 Å². The fraction of sp³-hybridized carbons (Fsp3) is 0.316. The fourth-order valence-corrected chi connectivity index (χ4v) is 3.85. The van der Waals surface area contributed by atoms with E-state index >= 15 is 0 Å². The Bertz CT molecular complexity index is 837. The molecule has 0 unspecified atom stereocenters. The predicted molar refractivity (Wildman–Crippen MR) is 103 cm³/mol. The van der Waals surface area contributed by atoms with Crippen molar-refractivity contribution >= 4 is 40.7 Å². The van der Waals surface area contributed by atoms with Crippen LogP contribution in [-0.4, -0.2) is 27.6 Å². The first-order valence-electron chi connectivity index (χ1n) is 8.31. The minimum absolute atomic E-state index is 0.0318. The fourth-order valence-electron chi connectivity index (χ4n) is 3.17. The quantitative estimate of drug-likeness (QED) is 0.695. The first-order valence-corrected chi connectivity index (χ1v) is 9.44. The minimum Gasteiger partial charge on any atom is -0.503 e. The summed E-state index contributed by atoms with van der Waals surface area (Å²) in [5.41, 5.74) is 2.43. The maximum Gasteiger partial charge on any atom is 0.222 e. The first-order chi connectivity index (χ1) is 12.4. The topological polar surface area (TPSA) is 60.8 Å². The Hall–Kier alpha value is -1.62. The van der Waals surface area contributed by atoms with Crippen molar-refractivity contribution in [1.29, 1.82) is 0 Å². The van der Waals surface area contributed by atoms with Gasteiger partial charge in [0.15, 0.2) is 11.5 Å². The lowest BCUT2D eigenvalue weighted by molar-refractivity contribution is -0.132. The smallest absolute Gasteiger partial charge is 0.222 e. The molecule has 138 valence electrons. The molecule has 0 saturated heterocycles. The third-order valence-corrected chi connectivity index (χ3v) is 5.70. The summed E-state index contributed by atoms with van der Waals surface area (Å²) in [4.78, 5) is 14.2. The normalized spacial score (nSPS) is 13.6. The molecular formula is C19H18Cl3NO3. The molecule has 1 aliphatic heterocycles. The summed E-state index contributed by atoms with van der Waals surface area (Å²) in [7, 11) is 0. The van der Waals surface area contributed by atoms with Gasteiger partial charge in [-0.2, -0.15) is 0 Å². The second kappa shape index (κ2) is 7.95. The summed E-state index contributed by atoms with van der Waals surface area (Å²) in [5.74, 6) is -0.810. The number of carbonyl (C=O) groups is 1. The Labute approximate surface area is 166 Å². The maximum absolute atomic E-state index is 12.5. The van der Waals surface area contributed by atoms with Crippen LogP contribution in [0.3, 0.4) is 0 Å². The van der Waals surface area contributed by atoms with Crippen molar-refractivity contribution in [2.24, 2.45) is 0 Å². The van der Waals surface area contributed by atoms with Crippen LogP contribution in [0.4, 0.5) is 0 Å². The van der Waals surface area contributed by atoms with Gasteiger partial charge in [0.25, 0.3) is 0 Å². The second-order valence-electron chi connectivity index (χ2n) is 6.33. The Morgan fingerprint density at radius 1 is 1.00 bits per heavy atom. The van der Waals surface area contributed by atoms with Crippen LogP contribution >= 0.6 is 34.8 Å². The number of halogens is 3.